The molecular formula is C20H20F2N2O2S. The molecule has 1 heterocycles. The molecule has 2 amide bonds. The Kier molecular flexibility index (Phi) is 6.11. The van der Waals surface area contributed by atoms with Gasteiger partial charge in [0.15, 0.2) is 0 Å². The predicted molar refractivity (Wildman–Crippen MR) is 101 cm³/mol. The average Bonchev–Trinajstić information content (AvgIpc) is 2.94. The van der Waals surface area contributed by atoms with E-state index >= 15 is 0 Å². The highest BCUT2D eigenvalue weighted by Gasteiger charge is 2.38. The standard InChI is InChI=1S/C20H20F2N2O2S/c1-13-19(26)24(20(27-13)15-3-2-4-17(22)11-15)10-9-18(25)23-12-14-5-7-16(21)8-6-14/h2-8,11,13,20H,9-10,12H2,1H3,(H,23,25)/t13-,20-/m0/s1. The van der Waals surface area contributed by atoms with E-state index in [9.17, 15) is 18.4 Å². The Bertz CT molecular complexity index is 829. The Morgan fingerprint density at radius 3 is 2.59 bits per heavy atom. The van der Waals surface area contributed by atoms with Gasteiger partial charge in [0.2, 0.25) is 11.8 Å². The van der Waals surface area contributed by atoms with Crippen LogP contribution in [-0.2, 0) is 16.1 Å². The first kappa shape index (κ1) is 19.4. The summed E-state index contributed by atoms with van der Waals surface area (Å²) in [5.41, 5.74) is 1.51. The summed E-state index contributed by atoms with van der Waals surface area (Å²) in [5, 5.41) is 2.23. The largest absolute Gasteiger partial charge is 0.352 e. The third-order valence-electron chi connectivity index (χ3n) is 4.36. The number of benzene rings is 2. The van der Waals surface area contributed by atoms with Crippen molar-refractivity contribution in [2.45, 2.75) is 30.5 Å². The number of hydrogen-bond donors (Lipinski definition) is 1. The average molecular weight is 390 g/mol. The smallest absolute Gasteiger partial charge is 0.236 e. The molecule has 2 aromatic carbocycles. The Hall–Kier alpha value is -2.41. The Labute approximate surface area is 160 Å². The fraction of sp³-hybridized carbons (Fsp3) is 0.300. The minimum Gasteiger partial charge on any atom is -0.352 e. The van der Waals surface area contributed by atoms with Crippen LogP contribution in [0.15, 0.2) is 48.5 Å². The van der Waals surface area contributed by atoms with Crippen LogP contribution in [0, 0.1) is 11.6 Å². The Morgan fingerprint density at radius 1 is 1.15 bits per heavy atom. The molecule has 0 spiro atoms. The fourth-order valence-corrected chi connectivity index (χ4v) is 4.23. The normalized spacial score (nSPS) is 19.4. The van der Waals surface area contributed by atoms with E-state index in [0.29, 0.717) is 12.1 Å². The molecule has 0 aromatic heterocycles. The van der Waals surface area contributed by atoms with Gasteiger partial charge in [-0.3, -0.25) is 9.59 Å². The predicted octanol–water partition coefficient (Wildman–Crippen LogP) is 3.63. The van der Waals surface area contributed by atoms with E-state index in [2.05, 4.69) is 5.32 Å². The molecular weight excluding hydrogens is 370 g/mol. The van der Waals surface area contributed by atoms with Gasteiger partial charge in [0.05, 0.1) is 5.25 Å². The van der Waals surface area contributed by atoms with Gasteiger partial charge in [0.1, 0.15) is 17.0 Å². The molecule has 0 aliphatic carbocycles. The number of hydrogen-bond acceptors (Lipinski definition) is 3. The van der Waals surface area contributed by atoms with Crippen molar-refractivity contribution in [3.63, 3.8) is 0 Å². The van der Waals surface area contributed by atoms with Gasteiger partial charge in [-0.1, -0.05) is 24.3 Å². The number of carbonyl (C=O) groups excluding carboxylic acids is 2. The summed E-state index contributed by atoms with van der Waals surface area (Å²) in [4.78, 5) is 26.2. The van der Waals surface area contributed by atoms with E-state index in [-0.39, 0.29) is 47.0 Å². The molecule has 4 nitrogen and oxygen atoms in total. The van der Waals surface area contributed by atoms with Crippen molar-refractivity contribution in [1.29, 1.82) is 0 Å². The molecule has 0 saturated carbocycles. The van der Waals surface area contributed by atoms with Gasteiger partial charge in [-0.15, -0.1) is 11.8 Å². The van der Waals surface area contributed by atoms with Gasteiger partial charge in [0, 0.05) is 19.5 Å². The van der Waals surface area contributed by atoms with Crippen molar-refractivity contribution in [3.8, 4) is 0 Å². The van der Waals surface area contributed by atoms with E-state index in [0.717, 1.165) is 5.56 Å². The first-order valence-corrected chi connectivity index (χ1v) is 9.61. The molecule has 0 radical (unpaired) electrons. The maximum Gasteiger partial charge on any atom is 0.236 e. The van der Waals surface area contributed by atoms with Gasteiger partial charge in [-0.25, -0.2) is 8.78 Å². The molecule has 1 aliphatic rings. The SMILES string of the molecule is C[C@@H]1S[C@@H](c2cccc(F)c2)N(CCC(=O)NCc2ccc(F)cc2)C1=O. The van der Waals surface area contributed by atoms with E-state index in [1.54, 1.807) is 29.2 Å². The molecule has 1 aliphatic heterocycles. The van der Waals surface area contributed by atoms with Gasteiger partial charge < -0.3 is 10.2 Å². The Morgan fingerprint density at radius 2 is 1.89 bits per heavy atom. The number of rotatable bonds is 6. The summed E-state index contributed by atoms with van der Waals surface area (Å²) in [7, 11) is 0. The maximum absolute atomic E-state index is 13.5. The molecule has 2 atom stereocenters. The summed E-state index contributed by atoms with van der Waals surface area (Å²) in [6.07, 6.45) is 0.145. The van der Waals surface area contributed by atoms with Crippen LogP contribution in [0.5, 0.6) is 0 Å². The lowest BCUT2D eigenvalue weighted by atomic mass is 10.2. The van der Waals surface area contributed by atoms with Crippen LogP contribution in [0.3, 0.4) is 0 Å². The van der Waals surface area contributed by atoms with Crippen molar-refractivity contribution in [1.82, 2.24) is 10.2 Å². The molecule has 2 aromatic rings. The quantitative estimate of drug-likeness (QED) is 0.819. The molecule has 3 rings (SSSR count). The van der Waals surface area contributed by atoms with Crippen molar-refractivity contribution < 1.29 is 18.4 Å². The second-order valence-corrected chi connectivity index (χ2v) is 7.80. The molecule has 7 heteroatoms. The van der Waals surface area contributed by atoms with Crippen LogP contribution in [0.1, 0.15) is 29.8 Å². The third kappa shape index (κ3) is 4.86. The number of nitrogens with one attached hydrogen (secondary N) is 1. The van der Waals surface area contributed by atoms with Crippen LogP contribution in [0.4, 0.5) is 8.78 Å². The minimum absolute atomic E-state index is 0.0550. The Balaban J connectivity index is 1.58. The molecule has 1 saturated heterocycles. The highest BCUT2D eigenvalue weighted by Crippen LogP contribution is 2.42. The van der Waals surface area contributed by atoms with Crippen LogP contribution < -0.4 is 5.32 Å². The first-order chi connectivity index (χ1) is 12.9. The summed E-state index contributed by atoms with van der Waals surface area (Å²) in [6, 6.07) is 12.1. The third-order valence-corrected chi connectivity index (χ3v) is 5.76. The molecule has 142 valence electrons. The fourth-order valence-electron chi connectivity index (χ4n) is 2.93. The monoisotopic (exact) mass is 390 g/mol. The number of carbonyl (C=O) groups is 2. The van der Waals surface area contributed by atoms with Crippen molar-refractivity contribution in [2.75, 3.05) is 6.54 Å². The summed E-state index contributed by atoms with van der Waals surface area (Å²) >= 11 is 1.45. The van der Waals surface area contributed by atoms with E-state index in [1.165, 1.54) is 36.0 Å². The van der Waals surface area contributed by atoms with Gasteiger partial charge in [-0.05, 0) is 42.3 Å². The molecule has 0 unspecified atom stereocenters. The maximum atomic E-state index is 13.5. The van der Waals surface area contributed by atoms with Crippen LogP contribution in [-0.4, -0.2) is 28.5 Å². The number of thioether (sulfide) groups is 1. The van der Waals surface area contributed by atoms with Gasteiger partial charge in [-0.2, -0.15) is 0 Å². The second-order valence-electron chi connectivity index (χ2n) is 6.37. The number of amides is 2. The highest BCUT2D eigenvalue weighted by molar-refractivity contribution is 8.01. The van der Waals surface area contributed by atoms with Crippen molar-refractivity contribution in [2.24, 2.45) is 0 Å². The lowest BCUT2D eigenvalue weighted by Gasteiger charge is -2.24. The van der Waals surface area contributed by atoms with Crippen molar-refractivity contribution >= 4 is 23.6 Å². The van der Waals surface area contributed by atoms with E-state index in [4.69, 9.17) is 0 Å². The molecule has 0 bridgehead atoms. The topological polar surface area (TPSA) is 49.4 Å². The zero-order valence-electron chi connectivity index (χ0n) is 14.8. The number of nitrogens with zero attached hydrogens (tertiary/aromatic N) is 1. The van der Waals surface area contributed by atoms with Gasteiger partial charge in [0.25, 0.3) is 0 Å². The van der Waals surface area contributed by atoms with E-state index < -0.39 is 0 Å². The van der Waals surface area contributed by atoms with Crippen LogP contribution in [0.25, 0.3) is 0 Å². The lowest BCUT2D eigenvalue weighted by Crippen LogP contribution is -2.34. The summed E-state index contributed by atoms with van der Waals surface area (Å²) in [6.45, 7) is 2.37. The van der Waals surface area contributed by atoms with Gasteiger partial charge >= 0.3 is 0 Å². The molecule has 1 fully saturated rings. The summed E-state index contributed by atoms with van der Waals surface area (Å²) < 4.78 is 26.4. The number of halogens is 2. The first-order valence-electron chi connectivity index (χ1n) is 8.66. The zero-order chi connectivity index (χ0) is 19.4. The lowest BCUT2D eigenvalue weighted by molar-refractivity contribution is -0.130. The summed E-state index contributed by atoms with van der Waals surface area (Å²) in [5.74, 6) is -0.931. The molecule has 27 heavy (non-hydrogen) atoms. The minimum atomic E-state index is -0.350. The van der Waals surface area contributed by atoms with Crippen molar-refractivity contribution in [3.05, 3.63) is 71.3 Å². The van der Waals surface area contributed by atoms with E-state index in [1.807, 2.05) is 6.92 Å². The highest BCUT2D eigenvalue weighted by atomic mass is 32.2. The van der Waals surface area contributed by atoms with Crippen LogP contribution >= 0.6 is 11.8 Å². The van der Waals surface area contributed by atoms with Crippen LogP contribution in [0.2, 0.25) is 0 Å². The second kappa shape index (κ2) is 8.52. The zero-order valence-corrected chi connectivity index (χ0v) is 15.6. The molecule has 1 N–H and O–H groups in total.